The minimum Gasteiger partial charge on any atom is -0.725 e. The van der Waals surface area contributed by atoms with Crippen molar-refractivity contribution in [3.05, 3.63) is 170 Å². The maximum absolute atomic E-state index is 11.5. The van der Waals surface area contributed by atoms with Crippen LogP contribution in [0.2, 0.25) is 0 Å². The van der Waals surface area contributed by atoms with Crippen LogP contribution in [0.1, 0.15) is 214 Å². The SMILES string of the molecule is C.C.C.C.C=CCOCC(COc1ccc(CCCC)cc1)OCOS(=O)(=O)ONCCO.C=CCOCC(COc1ccc(CCCCCC)cc1)OCOS(=O)(=O)[O-].C=CCOCC(COc1ccc(CCCCCCCC)cc1)OCOS(=O)(=O)ON.C=CCOCC(COc1ccc(CCCCCCCCC)cc1)OCOS(=O)(=O)ON.OCCCCO.[Na+]. The summed E-state index contributed by atoms with van der Waals surface area (Å²) < 4.78 is 193. The molecule has 4 rings (SSSR count). The number of ether oxygens (including phenoxy) is 12. The Kier molecular flexibility index (Phi) is 95.1. The molecule has 8 N–H and O–H groups in total. The van der Waals surface area contributed by atoms with Crippen LogP contribution in [0.5, 0.6) is 23.0 Å². The van der Waals surface area contributed by atoms with Gasteiger partial charge in [0.15, 0.2) is 27.2 Å². The van der Waals surface area contributed by atoms with Crippen molar-refractivity contribution in [2.75, 3.05) is 133 Å². The summed E-state index contributed by atoms with van der Waals surface area (Å²) >= 11 is 0. The number of benzene rings is 4. The van der Waals surface area contributed by atoms with Gasteiger partial charge in [-0.3, -0.25) is 4.18 Å². The van der Waals surface area contributed by atoms with Crippen molar-refractivity contribution >= 4 is 41.6 Å². The largest absolute Gasteiger partial charge is 1.00 e. The fourth-order valence-electron chi connectivity index (χ4n) is 10.2. The molecule has 740 valence electrons. The molecule has 4 aromatic rings. The monoisotopic (exact) mass is 1920 g/mol. The topological polar surface area (TPSA) is 460 Å². The predicted octanol–water partition coefficient (Wildman–Crippen LogP) is 12.0. The smallest absolute Gasteiger partial charge is 0.725 e. The van der Waals surface area contributed by atoms with E-state index >= 15 is 0 Å². The molecule has 0 spiro atoms. The van der Waals surface area contributed by atoms with Crippen LogP contribution in [0.15, 0.2) is 148 Å². The molecule has 4 unspecified atom stereocenters. The van der Waals surface area contributed by atoms with E-state index in [-0.39, 0.29) is 138 Å². The number of nitrogens with one attached hydrogen (secondary N) is 1. The first-order valence-electron chi connectivity index (χ1n) is 41.7. The van der Waals surface area contributed by atoms with Crippen molar-refractivity contribution in [2.45, 2.75) is 242 Å². The molecule has 0 bridgehead atoms. The Balaban J connectivity index is -0.000000374. The predicted molar refractivity (Wildman–Crippen MR) is 494 cm³/mol. The fourth-order valence-corrected chi connectivity index (χ4v) is 11.3. The summed E-state index contributed by atoms with van der Waals surface area (Å²) in [5.41, 5.74) is 7.10. The van der Waals surface area contributed by atoms with Gasteiger partial charge in [-0.2, -0.15) is 55.4 Å². The number of hydroxylamine groups is 1. The van der Waals surface area contributed by atoms with Gasteiger partial charge < -0.3 is 76.7 Å². The zero-order chi connectivity index (χ0) is 91.0. The number of unbranched alkanes of at least 4 members (excludes halogenated alkanes) is 16. The average molecular weight is 1920 g/mol. The van der Waals surface area contributed by atoms with E-state index in [1.54, 1.807) is 24.3 Å². The van der Waals surface area contributed by atoms with E-state index in [9.17, 15) is 38.2 Å². The Labute approximate surface area is 791 Å². The van der Waals surface area contributed by atoms with Gasteiger partial charge in [-0.05, 0) is 135 Å². The Hall–Kier alpha value is -5.04. The minimum absolute atomic E-state index is 0. The summed E-state index contributed by atoms with van der Waals surface area (Å²) in [4.78, 5) is 0. The van der Waals surface area contributed by atoms with E-state index in [4.69, 9.17) is 72.2 Å². The molecule has 0 saturated heterocycles. The molecule has 0 aliphatic rings. The first kappa shape index (κ1) is 134. The number of rotatable bonds is 76. The van der Waals surface area contributed by atoms with Gasteiger partial charge in [-0.25, -0.2) is 21.0 Å². The number of aliphatic hydroxyl groups is 3. The number of hydrogen-bond acceptors (Lipinski definition) is 34. The second-order valence-corrected chi connectivity index (χ2v) is 32.0. The van der Waals surface area contributed by atoms with E-state index < -0.39 is 93.2 Å². The standard InChI is InChI=1S/C22H37NO7S.C21H35NO7S.C19H31NO8S.C19H30O7S.C4H10O2.4CH4.Na/c1-3-5-6-7-8-9-10-11-20-12-14-21(15-13-20)27-18-22(17-26-16-4-2)28-19-29-31(24,25)30-23;1-3-5-6-7-8-9-10-19-11-13-20(14-12-19)26-17-21(16-25-15-4-2)27-18-28-30(23,24)29-22;1-3-5-6-17-7-9-18(10-8-17)25-15-19(14-24-13-4-2)26-16-27-29(22,23)28-20-11-12-21;1-3-5-6-7-8-17-9-11-18(12-10-17)24-15-19(14-23-13-4-2)25-16-26-27(20,21)22;5-3-1-2-4-6;;;;;/h4,12-15,22H,2-3,5-11,16-19,23H2,1H3;4,11-14,21H,2-3,5-10,15-18,22H2,1H3;4,7-10,19-21H,2-3,5-6,11-16H2,1H3;4,9-12,19H,2-3,5-8,13-16H2,1H3,(H,20,21,22);5-6H,1-4H2;4*1H4;/q;;;;;;;;;+1/p-1. The average Bonchev–Trinajstić information content (AvgIpc) is 0.915. The van der Waals surface area contributed by atoms with Crippen LogP contribution < -0.4 is 65.8 Å². The number of aryl methyl sites for hydroxylation is 4. The Morgan fingerprint density at radius 2 is 0.586 bits per heavy atom. The quantitative estimate of drug-likeness (QED) is 0.00455. The molecule has 0 aliphatic heterocycles. The first-order chi connectivity index (χ1) is 59.4. The van der Waals surface area contributed by atoms with Gasteiger partial charge in [0.05, 0.1) is 59.5 Å². The molecule has 0 saturated carbocycles. The molecule has 0 amide bonds. The van der Waals surface area contributed by atoms with Crippen molar-refractivity contribution in [3.8, 4) is 23.0 Å². The van der Waals surface area contributed by atoms with E-state index in [1.165, 1.54) is 131 Å². The molecule has 0 fully saturated rings. The molecule has 0 aromatic heterocycles. The van der Waals surface area contributed by atoms with Crippen LogP contribution in [0, 0.1) is 0 Å². The molecular weight excluding hydrogens is 1760 g/mol. The summed E-state index contributed by atoms with van der Waals surface area (Å²) in [6.45, 7) is 23.2. The number of nitrogens with two attached hydrogens (primary N) is 2. The summed E-state index contributed by atoms with van der Waals surface area (Å²) in [5.74, 6) is 11.9. The van der Waals surface area contributed by atoms with Crippen molar-refractivity contribution in [1.82, 2.24) is 5.48 Å². The molecule has 39 heteroatoms. The molecule has 4 atom stereocenters. The van der Waals surface area contributed by atoms with Crippen molar-refractivity contribution in [2.24, 2.45) is 11.8 Å². The van der Waals surface area contributed by atoms with Crippen molar-refractivity contribution in [1.29, 1.82) is 0 Å². The molecular formula is C89H158N3NaO31S4. The Morgan fingerprint density at radius 3 is 0.828 bits per heavy atom. The van der Waals surface area contributed by atoms with Gasteiger partial charge in [-0.1, -0.05) is 227 Å². The molecule has 0 aliphatic carbocycles. The minimum atomic E-state index is -4.80. The van der Waals surface area contributed by atoms with Crippen LogP contribution in [-0.4, -0.2) is 211 Å². The maximum atomic E-state index is 11.5. The Morgan fingerprint density at radius 1 is 0.344 bits per heavy atom. The molecule has 0 radical (unpaired) electrons. The zero-order valence-corrected chi connectivity index (χ0v) is 78.8. The Bertz CT molecular complexity index is 3620. The fraction of sp³-hybridized carbons (Fsp3) is 0.640. The van der Waals surface area contributed by atoms with Gasteiger partial charge in [0.25, 0.3) is 0 Å². The number of hydrogen-bond donors (Lipinski definition) is 6. The third-order valence-corrected chi connectivity index (χ3v) is 19.1. The van der Waals surface area contributed by atoms with Gasteiger partial charge in [0, 0.05) is 19.8 Å². The normalized spacial score (nSPS) is 12.0. The summed E-state index contributed by atoms with van der Waals surface area (Å²) in [7, 11) is -17.6. The number of aliphatic hydroxyl groups excluding tert-OH is 3. The third kappa shape index (κ3) is 82.8. The second-order valence-electron chi connectivity index (χ2n) is 27.2. The first-order valence-corrected chi connectivity index (χ1v) is 47.1. The van der Waals surface area contributed by atoms with Crippen molar-refractivity contribution < 1.29 is 170 Å². The molecule has 34 nitrogen and oxygen atoms in total. The summed E-state index contributed by atoms with van der Waals surface area (Å²) in [5, 5.41) is 24.8. The molecule has 4 aromatic carbocycles. The van der Waals surface area contributed by atoms with Crippen molar-refractivity contribution in [3.63, 3.8) is 0 Å². The van der Waals surface area contributed by atoms with E-state index in [0.29, 0.717) is 49.4 Å². The van der Waals surface area contributed by atoms with Crippen LogP contribution in [0.3, 0.4) is 0 Å². The van der Waals surface area contributed by atoms with E-state index in [2.05, 4.69) is 120 Å². The molecule has 128 heavy (non-hydrogen) atoms. The van der Waals surface area contributed by atoms with Gasteiger partial charge >= 0.3 is 60.8 Å². The zero-order valence-electron chi connectivity index (χ0n) is 73.6. The van der Waals surface area contributed by atoms with Crippen LogP contribution >= 0.6 is 0 Å². The summed E-state index contributed by atoms with van der Waals surface area (Å²) in [6, 6.07) is 31.5. The second kappa shape index (κ2) is 91.1. The summed E-state index contributed by atoms with van der Waals surface area (Å²) in [6.07, 6.45) is 33.6. The van der Waals surface area contributed by atoms with E-state index in [0.717, 1.165) is 51.4 Å². The van der Waals surface area contributed by atoms with Gasteiger partial charge in [0.1, 0.15) is 73.8 Å². The maximum Gasteiger partial charge on any atom is 1.00 e. The van der Waals surface area contributed by atoms with E-state index in [1.807, 2.05) is 78.3 Å². The van der Waals surface area contributed by atoms with Gasteiger partial charge in [0.2, 0.25) is 10.4 Å². The molecule has 0 heterocycles. The van der Waals surface area contributed by atoms with Crippen LogP contribution in [0.25, 0.3) is 0 Å². The van der Waals surface area contributed by atoms with Crippen LogP contribution in [-0.2, 0) is 135 Å². The van der Waals surface area contributed by atoms with Gasteiger partial charge in [-0.15, -0.1) is 26.3 Å². The third-order valence-electron chi connectivity index (χ3n) is 16.8. The van der Waals surface area contributed by atoms with Crippen LogP contribution in [0.4, 0.5) is 0 Å².